The molecule has 1 N–H and O–H groups in total. The minimum atomic E-state index is -0.446. The second-order valence-electron chi connectivity index (χ2n) is 6.85. The van der Waals surface area contributed by atoms with Crippen molar-refractivity contribution in [3.05, 3.63) is 83.7 Å². The molecule has 1 aliphatic rings. The van der Waals surface area contributed by atoms with Crippen LogP contribution in [0.15, 0.2) is 67.0 Å². The van der Waals surface area contributed by atoms with Crippen LogP contribution in [0.5, 0.6) is 0 Å². The summed E-state index contributed by atoms with van der Waals surface area (Å²) >= 11 is 0. The molecule has 3 aromatic rings. The zero-order chi connectivity index (χ0) is 19.3. The van der Waals surface area contributed by atoms with Crippen LogP contribution in [0.25, 0.3) is 5.69 Å². The van der Waals surface area contributed by atoms with Crippen LogP contribution in [0.4, 0.5) is 0 Å². The number of β-amino-alcohol motifs (C(OH)–C–C–N with tert-alkyl or cyclic N) is 1. The van der Waals surface area contributed by atoms with E-state index in [9.17, 15) is 9.90 Å². The number of carbonyl (C=O) groups is 1. The van der Waals surface area contributed by atoms with Crippen LogP contribution >= 0.6 is 0 Å². The van der Waals surface area contributed by atoms with Gasteiger partial charge in [0.25, 0.3) is 5.91 Å². The smallest absolute Gasteiger partial charge is 0.253 e. The number of aromatic nitrogens is 2. The van der Waals surface area contributed by atoms with Crippen LogP contribution in [0.2, 0.25) is 0 Å². The lowest BCUT2D eigenvalue weighted by atomic mass is 10.0. The third-order valence-corrected chi connectivity index (χ3v) is 4.79. The van der Waals surface area contributed by atoms with E-state index in [0.717, 1.165) is 29.7 Å². The first kappa shape index (κ1) is 18.0. The first-order valence-corrected chi connectivity index (χ1v) is 9.39. The van der Waals surface area contributed by atoms with E-state index in [-0.39, 0.29) is 5.91 Å². The van der Waals surface area contributed by atoms with Gasteiger partial charge in [0.05, 0.1) is 17.4 Å². The highest BCUT2D eigenvalue weighted by Gasteiger charge is 2.23. The van der Waals surface area contributed by atoms with E-state index in [4.69, 9.17) is 0 Å². The lowest BCUT2D eigenvalue weighted by molar-refractivity contribution is 0.0473. The third kappa shape index (κ3) is 3.98. The average molecular weight is 371 g/mol. The summed E-state index contributed by atoms with van der Waals surface area (Å²) < 4.78 is 1.74. The number of likely N-dealkylation sites (tertiary alicyclic amines) is 1. The molecule has 2 aromatic carbocycles. The van der Waals surface area contributed by atoms with Crippen molar-refractivity contribution in [1.29, 1.82) is 0 Å². The fraction of sp³-hybridized carbons (Fsp3) is 0.217. The molecule has 0 bridgehead atoms. The molecule has 140 valence electrons. The predicted molar refractivity (Wildman–Crippen MR) is 107 cm³/mol. The maximum absolute atomic E-state index is 12.9. The first-order chi connectivity index (χ1) is 13.7. The summed E-state index contributed by atoms with van der Waals surface area (Å²) in [6.07, 6.45) is 4.68. The molecule has 1 saturated heterocycles. The molecule has 1 fully saturated rings. The monoisotopic (exact) mass is 371 g/mol. The highest BCUT2D eigenvalue weighted by atomic mass is 16.3. The van der Waals surface area contributed by atoms with Crippen LogP contribution < -0.4 is 0 Å². The van der Waals surface area contributed by atoms with E-state index < -0.39 is 6.10 Å². The summed E-state index contributed by atoms with van der Waals surface area (Å²) in [5, 5.41) is 14.2. The molecular formula is C23H21N3O2. The van der Waals surface area contributed by atoms with E-state index >= 15 is 0 Å². The molecule has 0 aliphatic carbocycles. The number of aliphatic hydroxyl groups is 1. The quantitative estimate of drug-likeness (QED) is 0.705. The summed E-state index contributed by atoms with van der Waals surface area (Å²) in [5.41, 5.74) is 3.03. The second kappa shape index (κ2) is 8.12. The summed E-state index contributed by atoms with van der Waals surface area (Å²) in [7, 11) is 0. The fourth-order valence-electron chi connectivity index (χ4n) is 3.36. The minimum Gasteiger partial charge on any atom is -0.391 e. The van der Waals surface area contributed by atoms with Gasteiger partial charge in [0, 0.05) is 36.6 Å². The molecule has 1 amide bonds. The molecule has 0 unspecified atom stereocenters. The molecule has 0 saturated carbocycles. The van der Waals surface area contributed by atoms with Crippen molar-refractivity contribution in [3.63, 3.8) is 0 Å². The van der Waals surface area contributed by atoms with Gasteiger partial charge in [-0.05, 0) is 49.2 Å². The van der Waals surface area contributed by atoms with Gasteiger partial charge in [-0.2, -0.15) is 5.10 Å². The van der Waals surface area contributed by atoms with Crippen LogP contribution in [0.3, 0.4) is 0 Å². The number of nitrogens with zero attached hydrogens (tertiary/aromatic N) is 3. The number of amides is 1. The van der Waals surface area contributed by atoms with Gasteiger partial charge in [0.2, 0.25) is 0 Å². The maximum atomic E-state index is 12.9. The normalized spacial score (nSPS) is 16.3. The van der Waals surface area contributed by atoms with Gasteiger partial charge in [0.15, 0.2) is 0 Å². The van der Waals surface area contributed by atoms with E-state index in [1.807, 2.05) is 54.7 Å². The Morgan fingerprint density at radius 1 is 1.11 bits per heavy atom. The van der Waals surface area contributed by atoms with E-state index in [0.29, 0.717) is 18.7 Å². The van der Waals surface area contributed by atoms with Gasteiger partial charge in [-0.1, -0.05) is 30.0 Å². The first-order valence-electron chi connectivity index (χ1n) is 9.39. The Kier molecular flexibility index (Phi) is 5.22. The number of benzene rings is 2. The Morgan fingerprint density at radius 2 is 1.96 bits per heavy atom. The zero-order valence-corrected chi connectivity index (χ0v) is 15.5. The number of hydrogen-bond donors (Lipinski definition) is 1. The van der Waals surface area contributed by atoms with E-state index in [2.05, 4.69) is 16.9 Å². The Hall–Kier alpha value is -3.36. The number of hydrogen-bond acceptors (Lipinski definition) is 3. The molecule has 5 heteroatoms. The molecule has 1 atom stereocenters. The summed E-state index contributed by atoms with van der Waals surface area (Å²) in [6.45, 7) is 1.05. The summed E-state index contributed by atoms with van der Waals surface area (Å²) in [6, 6.07) is 17.1. The summed E-state index contributed by atoms with van der Waals surface area (Å²) in [5.74, 6) is 6.28. The molecule has 4 rings (SSSR count). The average Bonchev–Trinajstić information content (AvgIpc) is 3.27. The highest BCUT2D eigenvalue weighted by Crippen LogP contribution is 2.19. The number of rotatable bonds is 2. The molecule has 0 radical (unpaired) electrons. The largest absolute Gasteiger partial charge is 0.391 e. The highest BCUT2D eigenvalue weighted by molar-refractivity contribution is 5.95. The Labute approximate surface area is 164 Å². The fourth-order valence-corrected chi connectivity index (χ4v) is 3.36. The molecule has 2 heterocycles. The van der Waals surface area contributed by atoms with Crippen molar-refractivity contribution in [3.8, 4) is 17.5 Å². The van der Waals surface area contributed by atoms with Crippen LogP contribution in [-0.2, 0) is 0 Å². The van der Waals surface area contributed by atoms with Gasteiger partial charge in [-0.25, -0.2) is 4.68 Å². The summed E-state index contributed by atoms with van der Waals surface area (Å²) in [4.78, 5) is 14.6. The van der Waals surface area contributed by atoms with Crippen molar-refractivity contribution >= 4 is 5.91 Å². The molecule has 1 aromatic heterocycles. The topological polar surface area (TPSA) is 58.4 Å². The number of carbonyl (C=O) groups excluding carboxylic acids is 1. The van der Waals surface area contributed by atoms with Crippen molar-refractivity contribution in [2.45, 2.75) is 18.9 Å². The van der Waals surface area contributed by atoms with Crippen molar-refractivity contribution in [1.82, 2.24) is 14.7 Å². The van der Waals surface area contributed by atoms with E-state index in [1.165, 1.54) is 0 Å². The van der Waals surface area contributed by atoms with Crippen molar-refractivity contribution in [2.75, 3.05) is 13.1 Å². The van der Waals surface area contributed by atoms with Gasteiger partial charge in [-0.15, -0.1) is 0 Å². The number of piperidine rings is 1. The zero-order valence-electron chi connectivity index (χ0n) is 15.5. The van der Waals surface area contributed by atoms with E-state index in [1.54, 1.807) is 21.8 Å². The Morgan fingerprint density at radius 3 is 2.71 bits per heavy atom. The Balaban J connectivity index is 1.70. The van der Waals surface area contributed by atoms with Crippen LogP contribution in [0.1, 0.15) is 34.3 Å². The van der Waals surface area contributed by atoms with Gasteiger partial charge >= 0.3 is 0 Å². The standard InChI is InChI=1S/C23H21N3O2/c27-21-8-4-14-25(17-21)23(28)20-11-12-22(26-15-5-13-24-26)19(16-20)10-9-18-6-2-1-3-7-18/h1-3,5-7,11-13,15-16,21,27H,4,8,14,17H2/t21-/m1/s1. The second-order valence-corrected chi connectivity index (χ2v) is 6.85. The van der Waals surface area contributed by atoms with Crippen molar-refractivity contribution < 1.29 is 9.90 Å². The number of aliphatic hydroxyl groups excluding tert-OH is 1. The Bertz CT molecular complexity index is 1020. The molecular weight excluding hydrogens is 350 g/mol. The van der Waals surface area contributed by atoms with Crippen molar-refractivity contribution in [2.24, 2.45) is 0 Å². The molecule has 1 aliphatic heterocycles. The maximum Gasteiger partial charge on any atom is 0.253 e. The molecule has 28 heavy (non-hydrogen) atoms. The SMILES string of the molecule is O=C(c1ccc(-n2cccn2)c(C#Cc2ccccc2)c1)N1CCC[C@@H](O)C1. The van der Waals surface area contributed by atoms with Gasteiger partial charge < -0.3 is 10.0 Å². The minimum absolute atomic E-state index is 0.0754. The molecule has 5 nitrogen and oxygen atoms in total. The lowest BCUT2D eigenvalue weighted by Crippen LogP contribution is -2.42. The van der Waals surface area contributed by atoms with Gasteiger partial charge in [0.1, 0.15) is 0 Å². The van der Waals surface area contributed by atoms with Crippen LogP contribution in [-0.4, -0.2) is 44.9 Å². The predicted octanol–water partition coefficient (Wildman–Crippen LogP) is 2.87. The third-order valence-electron chi connectivity index (χ3n) is 4.79. The molecule has 0 spiro atoms. The van der Waals surface area contributed by atoms with Gasteiger partial charge in [-0.3, -0.25) is 4.79 Å². The lowest BCUT2D eigenvalue weighted by Gasteiger charge is -2.30. The van der Waals surface area contributed by atoms with Crippen LogP contribution in [0, 0.1) is 11.8 Å².